The van der Waals surface area contributed by atoms with E-state index in [1.807, 2.05) is 30.1 Å². The summed E-state index contributed by atoms with van der Waals surface area (Å²) < 4.78 is 0.354. The molecule has 0 amide bonds. The first-order valence-corrected chi connectivity index (χ1v) is 5.30. The summed E-state index contributed by atoms with van der Waals surface area (Å²) in [5.41, 5.74) is 1.11. The van der Waals surface area contributed by atoms with Gasteiger partial charge in [-0.2, -0.15) is 0 Å². The van der Waals surface area contributed by atoms with Crippen LogP contribution in [0, 0.1) is 0 Å². The molecule has 0 fully saturated rings. The minimum atomic E-state index is 0.354. The summed E-state index contributed by atoms with van der Waals surface area (Å²) >= 11 is 1.92. The molecule has 0 radical (unpaired) electrons. The molecule has 1 nitrogen and oxygen atoms in total. The highest BCUT2D eigenvalue weighted by Gasteiger charge is 2.26. The van der Waals surface area contributed by atoms with Crippen molar-refractivity contribution in [1.29, 1.82) is 0 Å². The van der Waals surface area contributed by atoms with Gasteiger partial charge >= 0.3 is 0 Å². The zero-order valence-corrected chi connectivity index (χ0v) is 8.77. The third-order valence-electron chi connectivity index (χ3n) is 2.08. The number of thioether (sulfide) groups is 1. The Labute approximate surface area is 83.3 Å². The minimum absolute atomic E-state index is 0.354. The second kappa shape index (κ2) is 3.18. The molecule has 1 aliphatic rings. The van der Waals surface area contributed by atoms with Crippen LogP contribution in [0.5, 0.6) is 0 Å². The summed E-state index contributed by atoms with van der Waals surface area (Å²) in [6.45, 7) is 4.54. The van der Waals surface area contributed by atoms with Gasteiger partial charge in [0.15, 0.2) is 0 Å². The maximum Gasteiger partial charge on any atom is 0.0762 e. The largest absolute Gasteiger partial charge is 0.256 e. The van der Waals surface area contributed by atoms with Crippen molar-refractivity contribution in [2.24, 2.45) is 0 Å². The zero-order valence-electron chi connectivity index (χ0n) is 7.95. The molecule has 0 aromatic carbocycles. The fourth-order valence-electron chi connectivity index (χ4n) is 1.38. The molecule has 1 aromatic rings. The molecule has 0 atom stereocenters. The highest BCUT2D eigenvalue weighted by molar-refractivity contribution is 8.09. The van der Waals surface area contributed by atoms with Crippen molar-refractivity contribution < 1.29 is 0 Å². The fourth-order valence-corrected chi connectivity index (χ4v) is 2.54. The molecule has 1 aromatic heterocycles. The minimum Gasteiger partial charge on any atom is -0.256 e. The maximum absolute atomic E-state index is 4.34. The Bertz CT molecular complexity index is 327. The van der Waals surface area contributed by atoms with Crippen molar-refractivity contribution in [2.75, 3.05) is 0 Å². The number of rotatable bonds is 1. The number of pyridine rings is 1. The predicted octanol–water partition coefficient (Wildman–Crippen LogP) is 3.34. The van der Waals surface area contributed by atoms with Crippen LogP contribution in [0.2, 0.25) is 0 Å². The first kappa shape index (κ1) is 8.82. The van der Waals surface area contributed by atoms with Crippen LogP contribution < -0.4 is 0 Å². The quantitative estimate of drug-likeness (QED) is 0.675. The average Bonchev–Trinajstić information content (AvgIpc) is 2.48. The van der Waals surface area contributed by atoms with Gasteiger partial charge in [-0.05, 0) is 18.6 Å². The SMILES string of the molecule is CC1(C)CC=C(c2ccccn2)S1. The number of hydrogen-bond acceptors (Lipinski definition) is 2. The first-order chi connectivity index (χ1) is 6.17. The van der Waals surface area contributed by atoms with E-state index >= 15 is 0 Å². The Kier molecular flexibility index (Phi) is 2.16. The lowest BCUT2D eigenvalue weighted by atomic mass is 10.1. The van der Waals surface area contributed by atoms with Crippen molar-refractivity contribution in [1.82, 2.24) is 4.98 Å². The molecule has 0 aliphatic carbocycles. The Morgan fingerprint density at radius 1 is 1.38 bits per heavy atom. The molecule has 13 heavy (non-hydrogen) atoms. The standard InChI is InChI=1S/C11H13NS/c1-11(2)7-6-10(13-11)9-5-3-4-8-12-9/h3-6,8H,7H2,1-2H3. The summed E-state index contributed by atoms with van der Waals surface area (Å²) in [6, 6.07) is 6.06. The van der Waals surface area contributed by atoms with Gasteiger partial charge in [-0.15, -0.1) is 11.8 Å². The molecule has 0 saturated heterocycles. The Morgan fingerprint density at radius 3 is 2.77 bits per heavy atom. The van der Waals surface area contributed by atoms with Crippen molar-refractivity contribution >= 4 is 16.7 Å². The van der Waals surface area contributed by atoms with E-state index in [4.69, 9.17) is 0 Å². The maximum atomic E-state index is 4.34. The molecule has 0 unspecified atom stereocenters. The van der Waals surface area contributed by atoms with Crippen LogP contribution in [0.25, 0.3) is 4.91 Å². The van der Waals surface area contributed by atoms with E-state index in [0.717, 1.165) is 12.1 Å². The lowest BCUT2D eigenvalue weighted by molar-refractivity contribution is 0.740. The average molecular weight is 191 g/mol. The summed E-state index contributed by atoms with van der Waals surface area (Å²) in [6.07, 6.45) is 5.28. The van der Waals surface area contributed by atoms with Crippen molar-refractivity contribution in [3.05, 3.63) is 36.2 Å². The van der Waals surface area contributed by atoms with Crippen LogP contribution in [-0.4, -0.2) is 9.73 Å². The second-order valence-corrected chi connectivity index (χ2v) is 5.60. The van der Waals surface area contributed by atoms with E-state index in [-0.39, 0.29) is 0 Å². The van der Waals surface area contributed by atoms with Crippen molar-refractivity contribution in [2.45, 2.75) is 25.0 Å². The predicted molar refractivity (Wildman–Crippen MR) is 58.5 cm³/mol. The number of hydrogen-bond donors (Lipinski definition) is 0. The number of allylic oxidation sites excluding steroid dienone is 1. The van der Waals surface area contributed by atoms with Crippen molar-refractivity contribution in [3.63, 3.8) is 0 Å². The summed E-state index contributed by atoms with van der Waals surface area (Å²) in [5.74, 6) is 0. The third kappa shape index (κ3) is 1.94. The smallest absolute Gasteiger partial charge is 0.0762 e. The van der Waals surface area contributed by atoms with Gasteiger partial charge in [-0.25, -0.2) is 0 Å². The van der Waals surface area contributed by atoms with Gasteiger partial charge in [0.25, 0.3) is 0 Å². The Hall–Kier alpha value is -0.760. The number of nitrogens with zero attached hydrogens (tertiary/aromatic N) is 1. The molecule has 2 heteroatoms. The molecule has 0 bridgehead atoms. The monoisotopic (exact) mass is 191 g/mol. The van der Waals surface area contributed by atoms with Crippen LogP contribution in [0.3, 0.4) is 0 Å². The van der Waals surface area contributed by atoms with Gasteiger partial charge in [0.1, 0.15) is 0 Å². The van der Waals surface area contributed by atoms with E-state index in [2.05, 4.69) is 31.0 Å². The van der Waals surface area contributed by atoms with E-state index in [9.17, 15) is 0 Å². The Balaban J connectivity index is 2.22. The van der Waals surface area contributed by atoms with E-state index in [1.165, 1.54) is 4.91 Å². The van der Waals surface area contributed by atoms with Crippen LogP contribution >= 0.6 is 11.8 Å². The summed E-state index contributed by atoms with van der Waals surface area (Å²) in [7, 11) is 0. The van der Waals surface area contributed by atoms with Crippen LogP contribution in [0.1, 0.15) is 26.0 Å². The normalized spacial score (nSPS) is 20.0. The molecule has 68 valence electrons. The van der Waals surface area contributed by atoms with Crippen LogP contribution in [-0.2, 0) is 0 Å². The van der Waals surface area contributed by atoms with E-state index in [1.54, 1.807) is 0 Å². The topological polar surface area (TPSA) is 12.9 Å². The van der Waals surface area contributed by atoms with Gasteiger partial charge in [0, 0.05) is 15.8 Å². The molecule has 0 N–H and O–H groups in total. The van der Waals surface area contributed by atoms with Crippen LogP contribution in [0.4, 0.5) is 0 Å². The zero-order chi connectivity index (χ0) is 9.31. The van der Waals surface area contributed by atoms with Gasteiger partial charge in [0.2, 0.25) is 0 Å². The van der Waals surface area contributed by atoms with Gasteiger partial charge in [-0.1, -0.05) is 26.0 Å². The molecule has 2 heterocycles. The lowest BCUT2D eigenvalue weighted by Gasteiger charge is -2.15. The molecule has 2 rings (SSSR count). The lowest BCUT2D eigenvalue weighted by Crippen LogP contribution is -2.07. The highest BCUT2D eigenvalue weighted by Crippen LogP contribution is 2.45. The van der Waals surface area contributed by atoms with Crippen molar-refractivity contribution in [3.8, 4) is 0 Å². The first-order valence-electron chi connectivity index (χ1n) is 4.48. The molecular weight excluding hydrogens is 178 g/mol. The number of aromatic nitrogens is 1. The third-order valence-corrected chi connectivity index (χ3v) is 3.40. The molecule has 1 aliphatic heterocycles. The molecular formula is C11H13NS. The fraction of sp³-hybridized carbons (Fsp3) is 0.364. The van der Waals surface area contributed by atoms with E-state index in [0.29, 0.717) is 4.75 Å². The summed E-state index contributed by atoms with van der Waals surface area (Å²) in [5, 5.41) is 0. The van der Waals surface area contributed by atoms with Gasteiger partial charge < -0.3 is 0 Å². The molecule has 0 spiro atoms. The summed E-state index contributed by atoms with van der Waals surface area (Å²) in [4.78, 5) is 5.66. The Morgan fingerprint density at radius 2 is 2.23 bits per heavy atom. The highest BCUT2D eigenvalue weighted by atomic mass is 32.2. The van der Waals surface area contributed by atoms with Gasteiger partial charge in [-0.3, -0.25) is 4.98 Å². The van der Waals surface area contributed by atoms with E-state index < -0.39 is 0 Å². The molecule has 0 saturated carbocycles. The second-order valence-electron chi connectivity index (χ2n) is 3.85. The van der Waals surface area contributed by atoms with Crippen LogP contribution in [0.15, 0.2) is 30.5 Å². The van der Waals surface area contributed by atoms with Gasteiger partial charge in [0.05, 0.1) is 5.69 Å².